The van der Waals surface area contributed by atoms with Crippen molar-refractivity contribution >= 4 is 35.0 Å². The van der Waals surface area contributed by atoms with Gasteiger partial charge < -0.3 is 15.0 Å². The van der Waals surface area contributed by atoms with E-state index in [2.05, 4.69) is 5.32 Å². The highest BCUT2D eigenvalue weighted by molar-refractivity contribution is 8.00. The van der Waals surface area contributed by atoms with Crippen LogP contribution in [0.4, 0.5) is 11.4 Å². The Morgan fingerprint density at radius 2 is 1.42 bits per heavy atom. The molecule has 5 nitrogen and oxygen atoms in total. The number of nitrogens with one attached hydrogen (secondary N) is 1. The molecule has 36 heavy (non-hydrogen) atoms. The van der Waals surface area contributed by atoms with Crippen LogP contribution in [0.3, 0.4) is 0 Å². The lowest BCUT2D eigenvalue weighted by molar-refractivity contribution is -0.116. The number of para-hydroxylation sites is 1. The highest BCUT2D eigenvalue weighted by Crippen LogP contribution is 2.24. The van der Waals surface area contributed by atoms with E-state index in [9.17, 15) is 9.59 Å². The second kappa shape index (κ2) is 12.6. The second-order valence-electron chi connectivity index (χ2n) is 8.23. The van der Waals surface area contributed by atoms with Gasteiger partial charge in [0, 0.05) is 23.2 Å². The van der Waals surface area contributed by atoms with Crippen LogP contribution in [0.5, 0.6) is 5.75 Å². The van der Waals surface area contributed by atoms with Crippen LogP contribution >= 0.6 is 11.8 Å². The van der Waals surface area contributed by atoms with Gasteiger partial charge in [-0.05, 0) is 59.7 Å². The number of rotatable bonds is 10. The van der Waals surface area contributed by atoms with Gasteiger partial charge in [0.1, 0.15) is 12.4 Å². The van der Waals surface area contributed by atoms with Gasteiger partial charge in [-0.2, -0.15) is 0 Å². The molecule has 6 heteroatoms. The number of carbonyl (C=O) groups excluding carboxylic acids is 2. The van der Waals surface area contributed by atoms with Crippen LogP contribution in [0.15, 0.2) is 114 Å². The molecule has 0 fully saturated rings. The minimum Gasteiger partial charge on any atom is -0.489 e. The highest BCUT2D eigenvalue weighted by Gasteiger charge is 2.17. The van der Waals surface area contributed by atoms with E-state index in [0.717, 1.165) is 33.1 Å². The molecule has 0 unspecified atom stereocenters. The molecular formula is C30H28N2O3S. The first-order valence-corrected chi connectivity index (χ1v) is 12.7. The second-order valence-corrected chi connectivity index (χ2v) is 9.28. The maximum absolute atomic E-state index is 13.3. The van der Waals surface area contributed by atoms with Crippen molar-refractivity contribution in [3.8, 4) is 5.75 Å². The van der Waals surface area contributed by atoms with E-state index in [0.29, 0.717) is 18.9 Å². The lowest BCUT2D eigenvalue weighted by Gasteiger charge is -2.23. The normalized spacial score (nSPS) is 10.5. The summed E-state index contributed by atoms with van der Waals surface area (Å²) in [7, 11) is 0. The van der Waals surface area contributed by atoms with E-state index in [4.69, 9.17) is 4.74 Å². The number of hydrogen-bond acceptors (Lipinski definition) is 4. The Kier molecular flexibility index (Phi) is 8.78. The number of amides is 2. The molecule has 4 aromatic rings. The number of carbonyl (C=O) groups is 2. The summed E-state index contributed by atoms with van der Waals surface area (Å²) in [5.41, 5.74) is 3.72. The van der Waals surface area contributed by atoms with Crippen molar-refractivity contribution in [2.24, 2.45) is 0 Å². The molecule has 1 N–H and O–H groups in total. The molecule has 0 atom stereocenters. The zero-order chi connectivity index (χ0) is 25.2. The number of hydrogen-bond donors (Lipinski definition) is 1. The van der Waals surface area contributed by atoms with Gasteiger partial charge in [-0.15, -0.1) is 11.8 Å². The number of anilines is 2. The predicted octanol–water partition coefficient (Wildman–Crippen LogP) is 6.55. The molecule has 0 aliphatic rings. The van der Waals surface area contributed by atoms with E-state index in [-0.39, 0.29) is 11.8 Å². The van der Waals surface area contributed by atoms with Crippen molar-refractivity contribution in [1.29, 1.82) is 0 Å². The standard InChI is InChI=1S/C30H28N2O3S/c1-23(33)31-26-14-18-29(19-15-26)36-22-30(34)32(27-10-6-3-7-11-27)20-24-12-16-28(17-13-24)35-21-25-8-4-2-5-9-25/h2-19H,20-22H2,1H3,(H,31,33). The molecule has 0 aromatic heterocycles. The molecule has 2 amide bonds. The summed E-state index contributed by atoms with van der Waals surface area (Å²) in [6.45, 7) is 2.45. The summed E-state index contributed by atoms with van der Waals surface area (Å²) in [4.78, 5) is 27.3. The van der Waals surface area contributed by atoms with Crippen LogP contribution < -0.4 is 15.0 Å². The van der Waals surface area contributed by atoms with Crippen LogP contribution in [-0.2, 0) is 22.7 Å². The molecule has 0 aliphatic carbocycles. The number of thioether (sulfide) groups is 1. The Bertz CT molecular complexity index is 1260. The van der Waals surface area contributed by atoms with E-state index in [1.54, 1.807) is 4.90 Å². The zero-order valence-corrected chi connectivity index (χ0v) is 20.9. The van der Waals surface area contributed by atoms with Crippen molar-refractivity contribution in [1.82, 2.24) is 0 Å². The van der Waals surface area contributed by atoms with E-state index in [1.807, 2.05) is 109 Å². The van der Waals surface area contributed by atoms with E-state index < -0.39 is 0 Å². The Balaban J connectivity index is 1.39. The number of nitrogens with zero attached hydrogens (tertiary/aromatic N) is 1. The van der Waals surface area contributed by atoms with Gasteiger partial charge in [0.15, 0.2) is 0 Å². The smallest absolute Gasteiger partial charge is 0.237 e. The monoisotopic (exact) mass is 496 g/mol. The molecule has 4 aromatic carbocycles. The average molecular weight is 497 g/mol. The summed E-state index contributed by atoms with van der Waals surface area (Å²) < 4.78 is 5.89. The third-order valence-electron chi connectivity index (χ3n) is 5.42. The summed E-state index contributed by atoms with van der Waals surface area (Å²) >= 11 is 1.47. The Labute approximate surface area is 216 Å². The molecule has 182 valence electrons. The summed E-state index contributed by atoms with van der Waals surface area (Å²) in [5.74, 6) is 0.993. The fraction of sp³-hybridized carbons (Fsp3) is 0.133. The maximum Gasteiger partial charge on any atom is 0.237 e. The highest BCUT2D eigenvalue weighted by atomic mass is 32.2. The summed E-state index contributed by atoms with van der Waals surface area (Å²) in [6, 6.07) is 35.1. The molecule has 0 heterocycles. The quantitative estimate of drug-likeness (QED) is 0.253. The number of benzene rings is 4. The van der Waals surface area contributed by atoms with E-state index >= 15 is 0 Å². The van der Waals surface area contributed by atoms with Crippen LogP contribution in [-0.4, -0.2) is 17.6 Å². The minimum absolute atomic E-state index is 0.0153. The first kappa shape index (κ1) is 25.1. The first-order chi connectivity index (χ1) is 17.6. The zero-order valence-electron chi connectivity index (χ0n) is 20.1. The van der Waals surface area contributed by atoms with Gasteiger partial charge in [-0.3, -0.25) is 9.59 Å². The van der Waals surface area contributed by atoms with Crippen LogP contribution in [0, 0.1) is 0 Å². The van der Waals surface area contributed by atoms with Crippen LogP contribution in [0.25, 0.3) is 0 Å². The number of ether oxygens (including phenoxy) is 1. The van der Waals surface area contributed by atoms with Crippen molar-refractivity contribution < 1.29 is 14.3 Å². The van der Waals surface area contributed by atoms with Crippen molar-refractivity contribution in [3.63, 3.8) is 0 Å². The van der Waals surface area contributed by atoms with Gasteiger partial charge in [0.05, 0.1) is 12.3 Å². The molecule has 0 saturated heterocycles. The van der Waals surface area contributed by atoms with Crippen LogP contribution in [0.1, 0.15) is 18.1 Å². The molecule has 4 rings (SSSR count). The molecule has 0 radical (unpaired) electrons. The van der Waals surface area contributed by atoms with Crippen LogP contribution in [0.2, 0.25) is 0 Å². The van der Waals surface area contributed by atoms with Gasteiger partial charge in [0.25, 0.3) is 0 Å². The van der Waals surface area contributed by atoms with Crippen molar-refractivity contribution in [3.05, 3.63) is 120 Å². The lowest BCUT2D eigenvalue weighted by Crippen LogP contribution is -2.31. The van der Waals surface area contributed by atoms with Gasteiger partial charge in [0.2, 0.25) is 11.8 Å². The first-order valence-electron chi connectivity index (χ1n) is 11.7. The summed E-state index contributed by atoms with van der Waals surface area (Å²) in [5, 5.41) is 2.75. The predicted molar refractivity (Wildman–Crippen MR) is 146 cm³/mol. The van der Waals surface area contributed by atoms with E-state index in [1.165, 1.54) is 18.7 Å². The van der Waals surface area contributed by atoms with Crippen molar-refractivity contribution in [2.75, 3.05) is 16.0 Å². The maximum atomic E-state index is 13.3. The topological polar surface area (TPSA) is 58.6 Å². The van der Waals surface area contributed by atoms with Gasteiger partial charge >= 0.3 is 0 Å². The molecule has 0 saturated carbocycles. The molecule has 0 bridgehead atoms. The van der Waals surface area contributed by atoms with Gasteiger partial charge in [-0.25, -0.2) is 0 Å². The molecular weight excluding hydrogens is 468 g/mol. The lowest BCUT2D eigenvalue weighted by atomic mass is 10.2. The third kappa shape index (κ3) is 7.48. The summed E-state index contributed by atoms with van der Waals surface area (Å²) in [6.07, 6.45) is 0. The Morgan fingerprint density at radius 3 is 2.06 bits per heavy atom. The van der Waals surface area contributed by atoms with Crippen molar-refractivity contribution in [2.45, 2.75) is 25.0 Å². The molecule has 0 spiro atoms. The Hall–Kier alpha value is -4.03. The fourth-order valence-corrected chi connectivity index (χ4v) is 4.38. The Morgan fingerprint density at radius 1 is 0.778 bits per heavy atom. The minimum atomic E-state index is -0.111. The SMILES string of the molecule is CC(=O)Nc1ccc(SCC(=O)N(Cc2ccc(OCc3ccccc3)cc2)c2ccccc2)cc1. The third-order valence-corrected chi connectivity index (χ3v) is 6.42. The molecule has 0 aliphatic heterocycles. The largest absolute Gasteiger partial charge is 0.489 e. The average Bonchev–Trinajstić information content (AvgIpc) is 2.91. The van der Waals surface area contributed by atoms with Gasteiger partial charge in [-0.1, -0.05) is 60.7 Å². The fourth-order valence-electron chi connectivity index (χ4n) is 3.61.